The summed E-state index contributed by atoms with van der Waals surface area (Å²) in [5, 5.41) is 19.5. The van der Waals surface area contributed by atoms with Crippen molar-refractivity contribution in [2.24, 2.45) is 11.7 Å². The van der Waals surface area contributed by atoms with Crippen LogP contribution in [0.1, 0.15) is 42.2 Å². The van der Waals surface area contributed by atoms with Gasteiger partial charge in [0.05, 0.1) is 17.8 Å². The second kappa shape index (κ2) is 15.9. The molecule has 2 aromatic carbocycles. The van der Waals surface area contributed by atoms with Crippen LogP contribution in [-0.4, -0.2) is 82.4 Å². The van der Waals surface area contributed by atoms with Crippen molar-refractivity contribution in [3.8, 4) is 5.75 Å². The number of carboxylic acid groups (broad SMARTS) is 1. The van der Waals surface area contributed by atoms with Crippen molar-refractivity contribution in [3.05, 3.63) is 65.6 Å². The van der Waals surface area contributed by atoms with Crippen molar-refractivity contribution in [2.45, 2.75) is 44.9 Å². The number of nitrogens with two attached hydrogens (primary N) is 1. The van der Waals surface area contributed by atoms with Gasteiger partial charge in [0.1, 0.15) is 35.3 Å². The van der Waals surface area contributed by atoms with E-state index in [2.05, 4.69) is 21.7 Å². The predicted molar refractivity (Wildman–Crippen MR) is 170 cm³/mol. The lowest BCUT2D eigenvalue weighted by Gasteiger charge is -2.36. The van der Waals surface area contributed by atoms with Gasteiger partial charge in [-0.3, -0.25) is 0 Å². The number of aromatic carboxylic acids is 1. The standard InChI is InChI=1S/C18H11F2NO4.C13H27N3O.2ClH/c19-10-4-12(20)17-9(8-25-16(17)5-10)7-24-15-3-1-2-13-11(15)6-14(21-13)18(22)23;1-11-10-16(7-4-13(11)17)9-8-15-5-2-12(14)3-6-15;;/h1-6,8,21H,7H2,(H,22,23);11-13,17H,2-10,14H2,1H3;2*1H/t;11-,13-;;/m.0../s1. The molecule has 4 aromatic rings. The van der Waals surface area contributed by atoms with Gasteiger partial charge in [0.25, 0.3) is 0 Å². The number of H-pyrrole nitrogens is 1. The van der Waals surface area contributed by atoms with Crippen molar-refractivity contribution in [1.82, 2.24) is 14.8 Å². The van der Waals surface area contributed by atoms with Crippen LogP contribution in [0.15, 0.2) is 47.1 Å². The van der Waals surface area contributed by atoms with Gasteiger partial charge in [-0.1, -0.05) is 13.0 Å². The van der Waals surface area contributed by atoms with Gasteiger partial charge >= 0.3 is 5.97 Å². The summed E-state index contributed by atoms with van der Waals surface area (Å²) < 4.78 is 38.1. The zero-order chi connectivity index (χ0) is 29.8. The zero-order valence-corrected chi connectivity index (χ0v) is 26.1. The molecule has 2 aliphatic heterocycles. The van der Waals surface area contributed by atoms with E-state index in [-0.39, 0.29) is 54.2 Å². The first-order valence-electron chi connectivity index (χ1n) is 14.4. The van der Waals surface area contributed by atoms with Crippen LogP contribution in [-0.2, 0) is 6.61 Å². The molecular formula is C31H40Cl2F2N4O5. The number of rotatable bonds is 7. The molecule has 5 N–H and O–H groups in total. The van der Waals surface area contributed by atoms with E-state index in [4.69, 9.17) is 20.0 Å². The zero-order valence-electron chi connectivity index (χ0n) is 24.5. The molecule has 0 aliphatic carbocycles. The van der Waals surface area contributed by atoms with E-state index in [0.717, 1.165) is 70.7 Å². The molecule has 2 aliphatic rings. The Morgan fingerprint density at radius 2 is 1.80 bits per heavy atom. The third-order valence-electron chi connectivity index (χ3n) is 8.21. The molecule has 242 valence electrons. The summed E-state index contributed by atoms with van der Waals surface area (Å²) in [6.45, 7) is 8.87. The normalized spacial score (nSPS) is 19.6. The monoisotopic (exact) mass is 656 g/mol. The number of nitrogens with zero attached hydrogens (tertiary/aromatic N) is 2. The highest BCUT2D eigenvalue weighted by molar-refractivity contribution is 5.96. The lowest BCUT2D eigenvalue weighted by Crippen LogP contribution is -2.47. The molecule has 4 heterocycles. The maximum atomic E-state index is 14.0. The number of carbonyl (C=O) groups is 1. The highest BCUT2D eigenvalue weighted by Gasteiger charge is 2.24. The van der Waals surface area contributed by atoms with Crippen LogP contribution in [0.25, 0.3) is 21.9 Å². The number of hydrogen-bond acceptors (Lipinski definition) is 7. The molecule has 2 saturated heterocycles. The number of nitrogens with one attached hydrogen (secondary N) is 1. The number of aliphatic hydroxyl groups excluding tert-OH is 1. The van der Waals surface area contributed by atoms with Crippen LogP contribution >= 0.6 is 24.8 Å². The fraction of sp³-hybridized carbons (Fsp3) is 0.452. The maximum Gasteiger partial charge on any atom is 0.352 e. The lowest BCUT2D eigenvalue weighted by molar-refractivity contribution is 0.0304. The Labute approximate surface area is 267 Å². The number of ether oxygens (including phenoxy) is 1. The van der Waals surface area contributed by atoms with Gasteiger partial charge in [-0.05, 0) is 56.5 Å². The van der Waals surface area contributed by atoms with Crippen LogP contribution in [0.4, 0.5) is 8.78 Å². The molecule has 0 amide bonds. The number of aromatic nitrogens is 1. The van der Waals surface area contributed by atoms with Crippen LogP contribution in [0.5, 0.6) is 5.75 Å². The minimum atomic E-state index is -1.08. The van der Waals surface area contributed by atoms with Crippen LogP contribution in [0, 0.1) is 17.6 Å². The summed E-state index contributed by atoms with van der Waals surface area (Å²) in [6, 6.07) is 8.90. The van der Waals surface area contributed by atoms with Gasteiger partial charge in [0, 0.05) is 60.8 Å². The molecule has 13 heteroatoms. The summed E-state index contributed by atoms with van der Waals surface area (Å²) in [6.07, 6.45) is 4.46. The molecule has 0 spiro atoms. The van der Waals surface area contributed by atoms with Crippen molar-refractivity contribution >= 4 is 52.7 Å². The average Bonchev–Trinajstić information content (AvgIpc) is 3.59. The summed E-state index contributed by atoms with van der Waals surface area (Å²) in [4.78, 5) is 18.9. The summed E-state index contributed by atoms with van der Waals surface area (Å²) in [5.74, 6) is -1.65. The molecule has 0 saturated carbocycles. The summed E-state index contributed by atoms with van der Waals surface area (Å²) in [5.41, 5.74) is 7.09. The molecule has 6 rings (SSSR count). The van der Waals surface area contributed by atoms with Gasteiger partial charge < -0.3 is 39.9 Å². The Hall–Kier alpha value is -2.93. The first kappa shape index (κ1) is 35.5. The van der Waals surface area contributed by atoms with Gasteiger partial charge in [0.2, 0.25) is 0 Å². The number of furan rings is 1. The molecule has 2 atom stereocenters. The van der Waals surface area contributed by atoms with Gasteiger partial charge in [-0.2, -0.15) is 0 Å². The van der Waals surface area contributed by atoms with E-state index in [9.17, 15) is 18.7 Å². The second-order valence-electron chi connectivity index (χ2n) is 11.3. The number of carboxylic acids is 1. The fourth-order valence-electron chi connectivity index (χ4n) is 5.66. The lowest BCUT2D eigenvalue weighted by atomic mass is 9.97. The van der Waals surface area contributed by atoms with Crippen molar-refractivity contribution < 1.29 is 32.9 Å². The van der Waals surface area contributed by atoms with Crippen LogP contribution < -0.4 is 10.5 Å². The third kappa shape index (κ3) is 8.62. The van der Waals surface area contributed by atoms with E-state index in [0.29, 0.717) is 34.2 Å². The Bertz CT molecular complexity index is 1530. The fourth-order valence-corrected chi connectivity index (χ4v) is 5.66. The van der Waals surface area contributed by atoms with E-state index in [1.165, 1.54) is 12.3 Å². The molecule has 0 radical (unpaired) electrons. The van der Waals surface area contributed by atoms with Gasteiger partial charge in [-0.25, -0.2) is 13.6 Å². The molecule has 2 aromatic heterocycles. The number of aliphatic hydroxyl groups is 1. The first-order chi connectivity index (χ1) is 20.2. The quantitative estimate of drug-likeness (QED) is 0.207. The first-order valence-corrected chi connectivity index (χ1v) is 14.4. The second-order valence-corrected chi connectivity index (χ2v) is 11.3. The van der Waals surface area contributed by atoms with E-state index >= 15 is 0 Å². The number of likely N-dealkylation sites (tertiary alicyclic amines) is 2. The topological polar surface area (TPSA) is 128 Å². The SMILES string of the molecule is C[C@H]1CN(CCN2CCC(N)CC2)CC[C@@H]1O.Cl.Cl.O=C(O)c1cc2c(OCc3coc4cc(F)cc(F)c34)cccc2[nH]1. The molecule has 0 bridgehead atoms. The number of benzene rings is 2. The smallest absolute Gasteiger partial charge is 0.352 e. The van der Waals surface area contributed by atoms with E-state index in [1.807, 2.05) is 0 Å². The largest absolute Gasteiger partial charge is 0.488 e. The number of aromatic amines is 1. The average molecular weight is 658 g/mol. The third-order valence-corrected chi connectivity index (χ3v) is 8.21. The van der Waals surface area contributed by atoms with Gasteiger partial charge in [0.15, 0.2) is 0 Å². The Kier molecular flexibility index (Phi) is 12.8. The Morgan fingerprint density at radius 1 is 1.09 bits per heavy atom. The maximum absolute atomic E-state index is 14.0. The molecule has 9 nitrogen and oxygen atoms in total. The summed E-state index contributed by atoms with van der Waals surface area (Å²) >= 11 is 0. The highest BCUT2D eigenvalue weighted by Crippen LogP contribution is 2.30. The molecular weight excluding hydrogens is 617 g/mol. The van der Waals surface area contributed by atoms with Crippen molar-refractivity contribution in [2.75, 3.05) is 39.3 Å². The Morgan fingerprint density at radius 3 is 2.50 bits per heavy atom. The highest BCUT2D eigenvalue weighted by atomic mass is 35.5. The number of piperidine rings is 2. The van der Waals surface area contributed by atoms with Gasteiger partial charge in [-0.15, -0.1) is 24.8 Å². The number of hydrogen-bond donors (Lipinski definition) is 4. The number of fused-ring (bicyclic) bond motifs is 2. The van der Waals surface area contributed by atoms with Crippen molar-refractivity contribution in [1.29, 1.82) is 0 Å². The van der Waals surface area contributed by atoms with E-state index in [1.54, 1.807) is 18.2 Å². The minimum absolute atomic E-state index is 0. The van der Waals surface area contributed by atoms with Crippen LogP contribution in [0.2, 0.25) is 0 Å². The molecule has 44 heavy (non-hydrogen) atoms. The molecule has 2 fully saturated rings. The van der Waals surface area contributed by atoms with Crippen LogP contribution in [0.3, 0.4) is 0 Å². The predicted octanol–water partition coefficient (Wildman–Crippen LogP) is 5.43. The van der Waals surface area contributed by atoms with Crippen molar-refractivity contribution in [3.63, 3.8) is 0 Å². The number of halogens is 4. The van der Waals surface area contributed by atoms with E-state index < -0.39 is 17.6 Å². The summed E-state index contributed by atoms with van der Waals surface area (Å²) in [7, 11) is 0. The molecule has 0 unspecified atom stereocenters. The Balaban J connectivity index is 0.000000246. The minimum Gasteiger partial charge on any atom is -0.488 e.